The van der Waals surface area contributed by atoms with Crippen LogP contribution in [0.1, 0.15) is 56.6 Å². The third-order valence-corrected chi connectivity index (χ3v) is 4.02. The number of ketones is 1. The van der Waals surface area contributed by atoms with E-state index in [0.29, 0.717) is 24.5 Å². The Hall–Kier alpha value is -1.02. The van der Waals surface area contributed by atoms with Gasteiger partial charge in [-0.05, 0) is 48.9 Å². The highest BCUT2D eigenvalue weighted by atomic mass is 35.5. The number of rotatable bonds is 7. The Morgan fingerprint density at radius 2 is 2.05 bits per heavy atom. The Morgan fingerprint density at radius 3 is 2.58 bits per heavy atom. The number of carbonyl (C=O) groups excluding carboxylic acids is 1. The predicted molar refractivity (Wildman–Crippen MR) is 80.3 cm³/mol. The zero-order valence-electron chi connectivity index (χ0n) is 12.3. The average molecular weight is 283 g/mol. The third kappa shape index (κ3) is 4.24. The van der Waals surface area contributed by atoms with E-state index in [1.165, 1.54) is 0 Å². The molecule has 0 aliphatic rings. The van der Waals surface area contributed by atoms with Crippen LogP contribution in [-0.4, -0.2) is 12.9 Å². The molecule has 0 aromatic heterocycles. The van der Waals surface area contributed by atoms with Crippen LogP contribution in [0, 0.1) is 6.92 Å². The minimum atomic E-state index is 0.315. The largest absolute Gasteiger partial charge is 0.496 e. The van der Waals surface area contributed by atoms with Crippen LogP contribution in [0.4, 0.5) is 0 Å². The van der Waals surface area contributed by atoms with E-state index in [-0.39, 0.29) is 0 Å². The van der Waals surface area contributed by atoms with Gasteiger partial charge in [0.2, 0.25) is 0 Å². The number of ether oxygens (including phenoxy) is 1. The highest BCUT2D eigenvalue weighted by Gasteiger charge is 2.17. The number of methoxy groups -OCH3 is 1. The van der Waals surface area contributed by atoms with Gasteiger partial charge in [0.15, 0.2) is 0 Å². The summed E-state index contributed by atoms with van der Waals surface area (Å²) in [5.41, 5.74) is 2.13. The summed E-state index contributed by atoms with van der Waals surface area (Å²) < 4.78 is 5.45. The first-order valence-electron chi connectivity index (χ1n) is 6.89. The molecule has 0 heterocycles. The molecule has 1 atom stereocenters. The number of halogens is 1. The highest BCUT2D eigenvalue weighted by Crippen LogP contribution is 2.36. The molecule has 0 amide bonds. The fourth-order valence-corrected chi connectivity index (χ4v) is 2.43. The van der Waals surface area contributed by atoms with Crippen LogP contribution in [0.3, 0.4) is 0 Å². The van der Waals surface area contributed by atoms with Crippen molar-refractivity contribution >= 4 is 17.4 Å². The molecule has 1 aromatic rings. The highest BCUT2D eigenvalue weighted by molar-refractivity contribution is 6.31. The molecular weight excluding hydrogens is 260 g/mol. The number of carbonyl (C=O) groups is 1. The molecule has 0 spiro atoms. The average Bonchev–Trinajstić information content (AvgIpc) is 2.42. The summed E-state index contributed by atoms with van der Waals surface area (Å²) in [6.07, 6.45) is 3.08. The van der Waals surface area contributed by atoms with Crippen LogP contribution < -0.4 is 4.74 Å². The second-order valence-electron chi connectivity index (χ2n) is 4.88. The lowest BCUT2D eigenvalue weighted by Gasteiger charge is -2.19. The van der Waals surface area contributed by atoms with Gasteiger partial charge in [0.25, 0.3) is 0 Å². The minimum absolute atomic E-state index is 0.315. The van der Waals surface area contributed by atoms with Crippen molar-refractivity contribution < 1.29 is 9.53 Å². The molecule has 1 rings (SSSR count). The van der Waals surface area contributed by atoms with E-state index in [1.807, 2.05) is 26.0 Å². The molecule has 0 fully saturated rings. The fourth-order valence-electron chi connectivity index (χ4n) is 2.26. The quantitative estimate of drug-likeness (QED) is 0.710. The Labute approximate surface area is 121 Å². The van der Waals surface area contributed by atoms with Crippen LogP contribution in [0.25, 0.3) is 0 Å². The monoisotopic (exact) mass is 282 g/mol. The van der Waals surface area contributed by atoms with Crippen molar-refractivity contribution in [2.75, 3.05) is 7.11 Å². The molecular formula is C16H23ClO2. The number of hydrogen-bond donors (Lipinski definition) is 0. The normalized spacial score (nSPS) is 12.3. The van der Waals surface area contributed by atoms with Crippen molar-refractivity contribution in [2.24, 2.45) is 0 Å². The predicted octanol–water partition coefficient (Wildman–Crippen LogP) is 4.91. The van der Waals surface area contributed by atoms with E-state index in [2.05, 4.69) is 6.92 Å². The first kappa shape index (κ1) is 16.0. The molecule has 0 aliphatic heterocycles. The lowest BCUT2D eigenvalue weighted by molar-refractivity contribution is -0.118. The van der Waals surface area contributed by atoms with Crippen molar-refractivity contribution in [3.8, 4) is 5.75 Å². The number of aryl methyl sites for hydroxylation is 1. The first-order chi connectivity index (χ1) is 9.03. The van der Waals surface area contributed by atoms with Gasteiger partial charge in [-0.1, -0.05) is 25.4 Å². The standard InChI is InChI=1S/C16H23ClO2/c1-5-12(7-8-13(18)6-2)14-10-15(17)11(3)9-16(14)19-4/h9-10,12H,5-8H2,1-4H3. The van der Waals surface area contributed by atoms with Gasteiger partial charge >= 0.3 is 0 Å². The molecule has 3 heteroatoms. The van der Waals surface area contributed by atoms with Crippen LogP contribution in [-0.2, 0) is 4.79 Å². The molecule has 0 N–H and O–H groups in total. The van der Waals surface area contributed by atoms with Crippen molar-refractivity contribution in [2.45, 2.75) is 52.4 Å². The summed E-state index contributed by atoms with van der Waals surface area (Å²) >= 11 is 6.21. The van der Waals surface area contributed by atoms with Crippen LogP contribution in [0.5, 0.6) is 5.75 Å². The zero-order valence-corrected chi connectivity index (χ0v) is 13.0. The van der Waals surface area contributed by atoms with Gasteiger partial charge in [-0.25, -0.2) is 0 Å². The van der Waals surface area contributed by atoms with Crippen molar-refractivity contribution in [3.63, 3.8) is 0 Å². The summed E-state index contributed by atoms with van der Waals surface area (Å²) in [6.45, 7) is 6.01. The molecule has 1 unspecified atom stereocenters. The Morgan fingerprint density at radius 1 is 1.37 bits per heavy atom. The summed E-state index contributed by atoms with van der Waals surface area (Å²) in [7, 11) is 1.68. The number of hydrogen-bond acceptors (Lipinski definition) is 2. The lowest BCUT2D eigenvalue weighted by Crippen LogP contribution is -2.05. The van der Waals surface area contributed by atoms with E-state index >= 15 is 0 Å². The molecule has 2 nitrogen and oxygen atoms in total. The zero-order chi connectivity index (χ0) is 14.4. The molecule has 0 bridgehead atoms. The molecule has 106 valence electrons. The lowest BCUT2D eigenvalue weighted by atomic mass is 9.89. The van der Waals surface area contributed by atoms with Crippen molar-refractivity contribution in [1.82, 2.24) is 0 Å². The van der Waals surface area contributed by atoms with Gasteiger partial charge in [0.1, 0.15) is 11.5 Å². The van der Waals surface area contributed by atoms with Gasteiger partial charge in [0.05, 0.1) is 7.11 Å². The Kier molecular flexibility index (Phi) is 6.36. The third-order valence-electron chi connectivity index (χ3n) is 3.61. The second-order valence-corrected chi connectivity index (χ2v) is 5.29. The maximum absolute atomic E-state index is 11.5. The molecule has 0 saturated carbocycles. The smallest absolute Gasteiger partial charge is 0.132 e. The van der Waals surface area contributed by atoms with Gasteiger partial charge in [0, 0.05) is 17.9 Å². The summed E-state index contributed by atoms with van der Waals surface area (Å²) in [4.78, 5) is 11.5. The first-order valence-corrected chi connectivity index (χ1v) is 7.26. The van der Waals surface area contributed by atoms with Crippen LogP contribution >= 0.6 is 11.6 Å². The minimum Gasteiger partial charge on any atom is -0.496 e. The molecule has 19 heavy (non-hydrogen) atoms. The van der Waals surface area contributed by atoms with Crippen molar-refractivity contribution in [3.05, 3.63) is 28.3 Å². The molecule has 0 aliphatic carbocycles. The number of benzene rings is 1. The number of Topliss-reactive ketones (excluding diaryl/α,β-unsaturated/α-hetero) is 1. The maximum atomic E-state index is 11.5. The molecule has 0 radical (unpaired) electrons. The van der Waals surface area contributed by atoms with E-state index < -0.39 is 0 Å². The van der Waals surface area contributed by atoms with Gasteiger partial charge in [-0.15, -0.1) is 0 Å². The van der Waals surface area contributed by atoms with Gasteiger partial charge in [-0.2, -0.15) is 0 Å². The molecule has 0 saturated heterocycles. The van der Waals surface area contributed by atoms with E-state index in [1.54, 1.807) is 7.11 Å². The molecule has 1 aromatic carbocycles. The topological polar surface area (TPSA) is 26.3 Å². The Balaban J connectivity index is 2.97. The fraction of sp³-hybridized carbons (Fsp3) is 0.562. The summed E-state index contributed by atoms with van der Waals surface area (Å²) in [5.74, 6) is 1.51. The van der Waals surface area contributed by atoms with Crippen LogP contribution in [0.15, 0.2) is 12.1 Å². The van der Waals surface area contributed by atoms with E-state index in [0.717, 1.165) is 34.7 Å². The van der Waals surface area contributed by atoms with E-state index in [4.69, 9.17) is 16.3 Å². The summed E-state index contributed by atoms with van der Waals surface area (Å²) in [6, 6.07) is 3.96. The SMILES string of the molecule is CCC(=O)CCC(CC)c1cc(Cl)c(C)cc1OC. The summed E-state index contributed by atoms with van der Waals surface area (Å²) in [5, 5.41) is 0.760. The van der Waals surface area contributed by atoms with Crippen LogP contribution in [0.2, 0.25) is 5.02 Å². The van der Waals surface area contributed by atoms with Gasteiger partial charge in [-0.3, -0.25) is 4.79 Å². The second kappa shape index (κ2) is 7.54. The van der Waals surface area contributed by atoms with Crippen molar-refractivity contribution in [1.29, 1.82) is 0 Å². The van der Waals surface area contributed by atoms with Gasteiger partial charge < -0.3 is 4.74 Å². The van der Waals surface area contributed by atoms with E-state index in [9.17, 15) is 4.79 Å². The maximum Gasteiger partial charge on any atom is 0.132 e. The Bertz CT molecular complexity index is 441.